The van der Waals surface area contributed by atoms with Gasteiger partial charge in [-0.1, -0.05) is 35.9 Å². The van der Waals surface area contributed by atoms with Crippen molar-refractivity contribution >= 4 is 5.97 Å². The van der Waals surface area contributed by atoms with E-state index in [2.05, 4.69) is 0 Å². The van der Waals surface area contributed by atoms with Crippen LogP contribution in [0.3, 0.4) is 0 Å². The lowest BCUT2D eigenvalue weighted by molar-refractivity contribution is -0.136. The van der Waals surface area contributed by atoms with Crippen LogP contribution in [0.4, 0.5) is 4.39 Å². The first-order chi connectivity index (χ1) is 8.54. The molecular formula is C15H13FO2. The summed E-state index contributed by atoms with van der Waals surface area (Å²) in [7, 11) is 0. The minimum atomic E-state index is -0.962. The van der Waals surface area contributed by atoms with E-state index < -0.39 is 11.8 Å². The molecule has 0 unspecified atom stereocenters. The second-order valence-corrected chi connectivity index (χ2v) is 4.29. The van der Waals surface area contributed by atoms with E-state index in [-0.39, 0.29) is 6.42 Å². The first kappa shape index (κ1) is 12.3. The van der Waals surface area contributed by atoms with Crippen molar-refractivity contribution in [3.8, 4) is 11.1 Å². The zero-order valence-corrected chi connectivity index (χ0v) is 9.98. The van der Waals surface area contributed by atoms with Crippen molar-refractivity contribution in [1.29, 1.82) is 0 Å². The first-order valence-electron chi connectivity index (χ1n) is 5.63. The molecule has 0 atom stereocenters. The van der Waals surface area contributed by atoms with Crippen molar-refractivity contribution in [3.63, 3.8) is 0 Å². The van der Waals surface area contributed by atoms with Crippen molar-refractivity contribution in [1.82, 2.24) is 0 Å². The van der Waals surface area contributed by atoms with Crippen LogP contribution >= 0.6 is 0 Å². The summed E-state index contributed by atoms with van der Waals surface area (Å²) in [5.41, 5.74) is 3.15. The lowest BCUT2D eigenvalue weighted by atomic mass is 10.00. The molecule has 0 fully saturated rings. The molecule has 2 aromatic rings. The van der Waals surface area contributed by atoms with E-state index in [1.165, 1.54) is 12.1 Å². The first-order valence-corrected chi connectivity index (χ1v) is 5.63. The molecule has 0 aliphatic carbocycles. The zero-order chi connectivity index (χ0) is 13.1. The molecule has 2 rings (SSSR count). The Morgan fingerprint density at radius 3 is 2.61 bits per heavy atom. The number of carboxylic acid groups (broad SMARTS) is 1. The van der Waals surface area contributed by atoms with E-state index in [0.717, 1.165) is 11.1 Å². The minimum Gasteiger partial charge on any atom is -0.481 e. The lowest BCUT2D eigenvalue weighted by Crippen LogP contribution is -2.00. The van der Waals surface area contributed by atoms with Crippen molar-refractivity contribution in [3.05, 3.63) is 59.4 Å². The van der Waals surface area contributed by atoms with Crippen molar-refractivity contribution in [2.24, 2.45) is 0 Å². The van der Waals surface area contributed by atoms with Crippen LogP contribution in [0.5, 0.6) is 0 Å². The number of carbonyl (C=O) groups is 1. The average molecular weight is 244 g/mol. The number of hydrogen-bond acceptors (Lipinski definition) is 1. The Labute approximate surface area is 105 Å². The molecule has 92 valence electrons. The van der Waals surface area contributed by atoms with Gasteiger partial charge in [0.15, 0.2) is 0 Å². The van der Waals surface area contributed by atoms with Crippen LogP contribution in [-0.4, -0.2) is 11.1 Å². The minimum absolute atomic E-state index is 0.170. The molecular weight excluding hydrogens is 231 g/mol. The van der Waals surface area contributed by atoms with Gasteiger partial charge in [0.05, 0.1) is 6.42 Å². The molecule has 0 amide bonds. The molecule has 0 heterocycles. The molecule has 0 radical (unpaired) electrons. The van der Waals surface area contributed by atoms with Gasteiger partial charge in [-0.25, -0.2) is 4.39 Å². The third kappa shape index (κ3) is 2.94. The van der Waals surface area contributed by atoms with Gasteiger partial charge in [0, 0.05) is 0 Å². The normalized spacial score (nSPS) is 10.3. The highest BCUT2D eigenvalue weighted by molar-refractivity contribution is 5.72. The maximum atomic E-state index is 13.5. The Balaban J connectivity index is 2.44. The highest BCUT2D eigenvalue weighted by Crippen LogP contribution is 2.23. The van der Waals surface area contributed by atoms with Crippen LogP contribution < -0.4 is 0 Å². The Bertz CT molecular complexity index is 591. The summed E-state index contributed by atoms with van der Waals surface area (Å²) in [6.07, 6.45) is -0.170. The number of rotatable bonds is 3. The highest BCUT2D eigenvalue weighted by Gasteiger charge is 2.06. The molecule has 1 N–H and O–H groups in total. The molecule has 0 aliphatic rings. The number of carboxylic acids is 1. The standard InChI is InChI=1S/C15H13FO2/c1-10-3-2-4-12(5-10)13-6-11(8-15(17)18)7-14(16)9-13/h2-7,9H,8H2,1H3,(H,17,18). The van der Waals surface area contributed by atoms with E-state index in [1.807, 2.05) is 31.2 Å². The molecule has 0 aliphatic heterocycles. The molecule has 18 heavy (non-hydrogen) atoms. The molecule has 3 heteroatoms. The summed E-state index contributed by atoms with van der Waals surface area (Å²) in [6.45, 7) is 1.96. The Hall–Kier alpha value is -2.16. The van der Waals surface area contributed by atoms with Crippen molar-refractivity contribution in [2.45, 2.75) is 13.3 Å². The second kappa shape index (κ2) is 5.00. The summed E-state index contributed by atoms with van der Waals surface area (Å²) in [5.74, 6) is -1.37. The molecule has 0 saturated carbocycles. The van der Waals surface area contributed by atoms with Crippen LogP contribution in [0.1, 0.15) is 11.1 Å². The Morgan fingerprint density at radius 1 is 1.17 bits per heavy atom. The Morgan fingerprint density at radius 2 is 1.94 bits per heavy atom. The van der Waals surface area contributed by atoms with Gasteiger partial charge < -0.3 is 5.11 Å². The number of halogens is 1. The summed E-state index contributed by atoms with van der Waals surface area (Å²) in [5, 5.41) is 8.74. The van der Waals surface area contributed by atoms with Crippen LogP contribution in [0.15, 0.2) is 42.5 Å². The van der Waals surface area contributed by atoms with Gasteiger partial charge in [-0.2, -0.15) is 0 Å². The predicted molar refractivity (Wildman–Crippen MR) is 67.9 cm³/mol. The van der Waals surface area contributed by atoms with Crippen LogP contribution in [-0.2, 0) is 11.2 Å². The molecule has 0 spiro atoms. The molecule has 2 aromatic carbocycles. The van der Waals surface area contributed by atoms with Gasteiger partial charge in [-0.05, 0) is 35.7 Å². The second-order valence-electron chi connectivity index (χ2n) is 4.29. The van der Waals surface area contributed by atoms with Gasteiger partial charge in [0.25, 0.3) is 0 Å². The zero-order valence-electron chi connectivity index (χ0n) is 9.98. The Kier molecular flexibility index (Phi) is 3.42. The maximum absolute atomic E-state index is 13.5. The monoisotopic (exact) mass is 244 g/mol. The highest BCUT2D eigenvalue weighted by atomic mass is 19.1. The van der Waals surface area contributed by atoms with E-state index in [1.54, 1.807) is 6.07 Å². The maximum Gasteiger partial charge on any atom is 0.307 e. The summed E-state index contributed by atoms with van der Waals surface area (Å²) in [6, 6.07) is 12.1. The van der Waals surface area contributed by atoms with E-state index in [9.17, 15) is 9.18 Å². The van der Waals surface area contributed by atoms with Crippen molar-refractivity contribution < 1.29 is 14.3 Å². The largest absolute Gasteiger partial charge is 0.481 e. The summed E-state index contributed by atoms with van der Waals surface area (Å²) in [4.78, 5) is 10.7. The molecule has 0 saturated heterocycles. The number of hydrogen-bond donors (Lipinski definition) is 1. The van der Waals surface area contributed by atoms with Crippen molar-refractivity contribution in [2.75, 3.05) is 0 Å². The van der Waals surface area contributed by atoms with Gasteiger partial charge >= 0.3 is 5.97 Å². The van der Waals surface area contributed by atoms with Gasteiger partial charge in [0.1, 0.15) is 5.82 Å². The fraction of sp³-hybridized carbons (Fsp3) is 0.133. The predicted octanol–water partition coefficient (Wildman–Crippen LogP) is 3.43. The number of benzene rings is 2. The quantitative estimate of drug-likeness (QED) is 0.898. The number of aryl methyl sites for hydroxylation is 1. The lowest BCUT2D eigenvalue weighted by Gasteiger charge is -2.06. The van der Waals surface area contributed by atoms with Gasteiger partial charge in [0.2, 0.25) is 0 Å². The van der Waals surface area contributed by atoms with Crippen LogP contribution in [0.25, 0.3) is 11.1 Å². The van der Waals surface area contributed by atoms with Crippen LogP contribution in [0.2, 0.25) is 0 Å². The summed E-state index contributed by atoms with van der Waals surface area (Å²) < 4.78 is 13.5. The fourth-order valence-corrected chi connectivity index (χ4v) is 1.92. The SMILES string of the molecule is Cc1cccc(-c2cc(F)cc(CC(=O)O)c2)c1. The van der Waals surface area contributed by atoms with Crippen LogP contribution in [0, 0.1) is 12.7 Å². The third-order valence-electron chi connectivity index (χ3n) is 2.66. The molecule has 2 nitrogen and oxygen atoms in total. The molecule has 0 bridgehead atoms. The third-order valence-corrected chi connectivity index (χ3v) is 2.66. The fourth-order valence-electron chi connectivity index (χ4n) is 1.92. The summed E-state index contributed by atoms with van der Waals surface area (Å²) >= 11 is 0. The number of aliphatic carboxylic acids is 1. The average Bonchev–Trinajstić information content (AvgIpc) is 2.27. The topological polar surface area (TPSA) is 37.3 Å². The van der Waals surface area contributed by atoms with E-state index in [0.29, 0.717) is 11.1 Å². The van der Waals surface area contributed by atoms with Gasteiger partial charge in [-0.15, -0.1) is 0 Å². The smallest absolute Gasteiger partial charge is 0.307 e. The van der Waals surface area contributed by atoms with Gasteiger partial charge in [-0.3, -0.25) is 4.79 Å². The molecule has 0 aromatic heterocycles. The van der Waals surface area contributed by atoms with E-state index >= 15 is 0 Å². The van der Waals surface area contributed by atoms with E-state index in [4.69, 9.17) is 5.11 Å².